The van der Waals surface area contributed by atoms with Crippen LogP contribution in [0.1, 0.15) is 18.1 Å². The van der Waals surface area contributed by atoms with Gasteiger partial charge in [-0.2, -0.15) is 0 Å². The Kier molecular flexibility index (Phi) is 7.64. The molecule has 1 N–H and O–H groups in total. The lowest BCUT2D eigenvalue weighted by Gasteiger charge is -2.14. The fourth-order valence-corrected chi connectivity index (χ4v) is 4.31. The van der Waals surface area contributed by atoms with Gasteiger partial charge in [0.15, 0.2) is 18.1 Å². The molecular formula is C21H17BrClNO6S. The zero-order valence-electron chi connectivity index (χ0n) is 16.3. The molecule has 0 aromatic heterocycles. The minimum atomic E-state index is -1.12. The number of carbonyl (C=O) groups is 3. The average Bonchev–Trinajstić information content (AvgIpc) is 2.96. The Morgan fingerprint density at radius 3 is 2.58 bits per heavy atom. The van der Waals surface area contributed by atoms with Crippen LogP contribution in [0.25, 0.3) is 6.08 Å². The van der Waals surface area contributed by atoms with Gasteiger partial charge in [0.25, 0.3) is 11.1 Å². The third-order valence-electron chi connectivity index (χ3n) is 4.10. The van der Waals surface area contributed by atoms with E-state index in [1.165, 1.54) is 4.90 Å². The van der Waals surface area contributed by atoms with Crippen LogP contribution in [-0.2, 0) is 16.1 Å². The summed E-state index contributed by atoms with van der Waals surface area (Å²) in [6.07, 6.45) is 1.58. The number of rotatable bonds is 8. The second-order valence-electron chi connectivity index (χ2n) is 6.34. The third-order valence-corrected chi connectivity index (χ3v) is 5.85. The first-order valence-electron chi connectivity index (χ1n) is 9.09. The van der Waals surface area contributed by atoms with Crippen LogP contribution in [0, 0.1) is 0 Å². The number of carboxylic acid groups (broad SMARTS) is 1. The van der Waals surface area contributed by atoms with E-state index in [1.807, 2.05) is 0 Å². The number of ether oxygens (including phenoxy) is 2. The lowest BCUT2D eigenvalue weighted by atomic mass is 10.1. The van der Waals surface area contributed by atoms with Crippen molar-refractivity contribution in [1.29, 1.82) is 0 Å². The van der Waals surface area contributed by atoms with Gasteiger partial charge >= 0.3 is 5.97 Å². The van der Waals surface area contributed by atoms with E-state index in [2.05, 4.69) is 15.9 Å². The molecule has 0 bridgehead atoms. The molecule has 2 aromatic rings. The molecule has 0 atom stereocenters. The number of benzene rings is 2. The van der Waals surface area contributed by atoms with Gasteiger partial charge in [0, 0.05) is 5.02 Å². The van der Waals surface area contributed by atoms with Gasteiger partial charge < -0.3 is 14.6 Å². The minimum Gasteiger partial charge on any atom is -0.490 e. The number of aliphatic carboxylic acids is 1. The maximum Gasteiger partial charge on any atom is 0.341 e. The van der Waals surface area contributed by atoms with E-state index in [1.54, 1.807) is 49.4 Å². The largest absolute Gasteiger partial charge is 0.490 e. The molecule has 7 nitrogen and oxygen atoms in total. The number of thioether (sulfide) groups is 1. The molecule has 1 aliphatic heterocycles. The van der Waals surface area contributed by atoms with Gasteiger partial charge in [-0.05, 0) is 76.1 Å². The van der Waals surface area contributed by atoms with Gasteiger partial charge in [0.05, 0.1) is 22.5 Å². The van der Waals surface area contributed by atoms with Crippen LogP contribution in [0.2, 0.25) is 5.02 Å². The molecule has 1 fully saturated rings. The SMILES string of the molecule is CCOc1cc(/C=C2\SC(=O)N(Cc3ccc(Cl)cc3)C2=O)cc(Br)c1OCC(=O)O. The van der Waals surface area contributed by atoms with E-state index in [4.69, 9.17) is 26.2 Å². The van der Waals surface area contributed by atoms with E-state index in [-0.39, 0.29) is 22.4 Å². The molecule has 0 saturated carbocycles. The highest BCUT2D eigenvalue weighted by Crippen LogP contribution is 2.39. The topological polar surface area (TPSA) is 93.1 Å². The molecule has 2 amide bonds. The molecule has 31 heavy (non-hydrogen) atoms. The second-order valence-corrected chi connectivity index (χ2v) is 8.62. The van der Waals surface area contributed by atoms with Crippen LogP contribution in [-0.4, -0.2) is 40.3 Å². The second kappa shape index (κ2) is 10.2. The monoisotopic (exact) mass is 525 g/mol. The molecule has 162 valence electrons. The van der Waals surface area contributed by atoms with Crippen molar-refractivity contribution in [2.24, 2.45) is 0 Å². The average molecular weight is 527 g/mol. The van der Waals surface area contributed by atoms with Crippen molar-refractivity contribution in [1.82, 2.24) is 4.90 Å². The van der Waals surface area contributed by atoms with Crippen LogP contribution < -0.4 is 9.47 Å². The Balaban J connectivity index is 1.85. The van der Waals surface area contributed by atoms with Crippen LogP contribution in [0.3, 0.4) is 0 Å². The van der Waals surface area contributed by atoms with Crippen LogP contribution in [0.5, 0.6) is 11.5 Å². The summed E-state index contributed by atoms with van der Waals surface area (Å²) in [4.78, 5) is 37.4. The first kappa shape index (κ1) is 23.2. The maximum absolute atomic E-state index is 12.8. The lowest BCUT2D eigenvalue weighted by molar-refractivity contribution is -0.139. The fraction of sp³-hybridized carbons (Fsp3) is 0.190. The first-order valence-corrected chi connectivity index (χ1v) is 11.1. The lowest BCUT2D eigenvalue weighted by Crippen LogP contribution is -2.27. The van der Waals surface area contributed by atoms with Crippen LogP contribution in [0.15, 0.2) is 45.8 Å². The highest BCUT2D eigenvalue weighted by atomic mass is 79.9. The summed E-state index contributed by atoms with van der Waals surface area (Å²) in [5.41, 5.74) is 1.38. The number of carbonyl (C=O) groups excluding carboxylic acids is 2. The van der Waals surface area contributed by atoms with E-state index in [9.17, 15) is 14.4 Å². The predicted molar refractivity (Wildman–Crippen MR) is 121 cm³/mol. The van der Waals surface area contributed by atoms with E-state index in [0.29, 0.717) is 27.4 Å². The number of nitrogens with zero attached hydrogens (tertiary/aromatic N) is 1. The number of carboxylic acids is 1. The molecule has 0 spiro atoms. The number of amides is 2. The fourth-order valence-electron chi connectivity index (χ4n) is 2.77. The van der Waals surface area contributed by atoms with Crippen molar-refractivity contribution in [3.63, 3.8) is 0 Å². The van der Waals surface area contributed by atoms with Crippen LogP contribution in [0.4, 0.5) is 4.79 Å². The highest BCUT2D eigenvalue weighted by molar-refractivity contribution is 9.10. The van der Waals surface area contributed by atoms with Crippen molar-refractivity contribution in [3.8, 4) is 11.5 Å². The van der Waals surface area contributed by atoms with Crippen molar-refractivity contribution >= 4 is 62.5 Å². The summed E-state index contributed by atoms with van der Waals surface area (Å²) in [5, 5.41) is 9.06. The van der Waals surface area contributed by atoms with E-state index < -0.39 is 18.5 Å². The maximum atomic E-state index is 12.8. The Morgan fingerprint density at radius 2 is 1.94 bits per heavy atom. The Bertz CT molecular complexity index is 1060. The van der Waals surface area contributed by atoms with Gasteiger partial charge in [0.1, 0.15) is 0 Å². The van der Waals surface area contributed by atoms with Crippen LogP contribution >= 0.6 is 39.3 Å². The normalized spacial score (nSPS) is 14.9. The zero-order valence-corrected chi connectivity index (χ0v) is 19.4. The van der Waals surface area contributed by atoms with Gasteiger partial charge in [0.2, 0.25) is 0 Å². The zero-order chi connectivity index (χ0) is 22.5. The van der Waals surface area contributed by atoms with Gasteiger partial charge in [-0.25, -0.2) is 4.79 Å². The summed E-state index contributed by atoms with van der Waals surface area (Å²) in [6, 6.07) is 10.2. The number of hydrogen-bond acceptors (Lipinski definition) is 6. The molecule has 0 unspecified atom stereocenters. The molecule has 1 saturated heterocycles. The quantitative estimate of drug-likeness (QED) is 0.473. The van der Waals surface area contributed by atoms with E-state index >= 15 is 0 Å². The number of imide groups is 1. The molecule has 0 aliphatic carbocycles. The van der Waals surface area contributed by atoms with E-state index in [0.717, 1.165) is 17.3 Å². The van der Waals surface area contributed by atoms with Crippen molar-refractivity contribution in [2.75, 3.05) is 13.2 Å². The molecule has 0 radical (unpaired) electrons. The van der Waals surface area contributed by atoms with Crippen molar-refractivity contribution < 1.29 is 29.0 Å². The predicted octanol–water partition coefficient (Wildman–Crippen LogP) is 5.20. The molecule has 2 aromatic carbocycles. The van der Waals surface area contributed by atoms with Crippen molar-refractivity contribution in [3.05, 3.63) is 61.9 Å². The molecule has 1 aliphatic rings. The molecule has 1 heterocycles. The number of hydrogen-bond donors (Lipinski definition) is 1. The smallest absolute Gasteiger partial charge is 0.341 e. The summed E-state index contributed by atoms with van der Waals surface area (Å²) in [6.45, 7) is 1.73. The Hall–Kier alpha value is -2.49. The Morgan fingerprint density at radius 1 is 1.23 bits per heavy atom. The highest BCUT2D eigenvalue weighted by Gasteiger charge is 2.35. The first-order chi connectivity index (χ1) is 14.8. The summed E-state index contributed by atoms with van der Waals surface area (Å²) < 4.78 is 11.3. The van der Waals surface area contributed by atoms with Gasteiger partial charge in [-0.15, -0.1) is 0 Å². The summed E-state index contributed by atoms with van der Waals surface area (Å²) in [7, 11) is 0. The number of halogens is 2. The van der Waals surface area contributed by atoms with Crippen molar-refractivity contribution in [2.45, 2.75) is 13.5 Å². The molecule has 10 heteroatoms. The molecular weight excluding hydrogens is 510 g/mol. The summed E-state index contributed by atoms with van der Waals surface area (Å²) in [5.74, 6) is -0.944. The van der Waals surface area contributed by atoms with Gasteiger partial charge in [-0.1, -0.05) is 23.7 Å². The third kappa shape index (κ3) is 5.81. The Labute approximate surface area is 196 Å². The summed E-state index contributed by atoms with van der Waals surface area (Å²) >= 11 is 10.1. The minimum absolute atomic E-state index is 0.148. The van der Waals surface area contributed by atoms with Gasteiger partial charge in [-0.3, -0.25) is 14.5 Å². The standard InChI is InChI=1S/C21H17BrClNO6S/c1-2-29-16-8-13(7-15(22)19(16)30-11-18(25)26)9-17-20(27)24(21(28)31-17)10-12-3-5-14(23)6-4-12/h3-9H,2,10-11H2,1H3,(H,25,26)/b17-9-. The molecule has 3 rings (SSSR count).